The fraction of sp³-hybridized carbons (Fsp3) is 0.529. The fourth-order valence-electron chi connectivity index (χ4n) is 3.47. The number of ether oxygens (including phenoxy) is 1. The summed E-state index contributed by atoms with van der Waals surface area (Å²) in [4.78, 5) is 25.7. The Morgan fingerprint density at radius 2 is 2.09 bits per heavy atom. The highest BCUT2D eigenvalue weighted by Gasteiger charge is 2.37. The number of halogens is 1. The highest BCUT2D eigenvalue weighted by molar-refractivity contribution is 5.97. The third-order valence-electron chi connectivity index (χ3n) is 4.51. The van der Waals surface area contributed by atoms with Gasteiger partial charge >= 0.3 is 0 Å². The molecule has 6 heteroatoms. The van der Waals surface area contributed by atoms with E-state index in [-0.39, 0.29) is 29.5 Å². The summed E-state index contributed by atoms with van der Waals surface area (Å²) in [7, 11) is 0. The number of amides is 2. The molecule has 5 nitrogen and oxygen atoms in total. The summed E-state index contributed by atoms with van der Waals surface area (Å²) in [5, 5.41) is 2.59. The molecular formula is C17H21FN2O3. The van der Waals surface area contributed by atoms with E-state index in [0.29, 0.717) is 18.8 Å². The maximum atomic E-state index is 14.1. The zero-order valence-corrected chi connectivity index (χ0v) is 13.2. The van der Waals surface area contributed by atoms with E-state index in [4.69, 9.17) is 4.74 Å². The molecule has 2 amide bonds. The Morgan fingerprint density at radius 3 is 2.87 bits per heavy atom. The Bertz CT molecular complexity index is 618. The molecule has 1 aromatic rings. The lowest BCUT2D eigenvalue weighted by atomic mass is 9.89. The Balaban J connectivity index is 1.85. The average Bonchev–Trinajstić information content (AvgIpc) is 2.55. The number of hydrogen-bond acceptors (Lipinski definition) is 3. The molecule has 23 heavy (non-hydrogen) atoms. The maximum absolute atomic E-state index is 14.1. The quantitative estimate of drug-likeness (QED) is 0.911. The average molecular weight is 320 g/mol. The second-order valence-electron chi connectivity index (χ2n) is 6.14. The van der Waals surface area contributed by atoms with E-state index in [1.165, 1.54) is 25.1 Å². The molecule has 0 spiro atoms. The summed E-state index contributed by atoms with van der Waals surface area (Å²) in [5.41, 5.74) is 0.429. The zero-order chi connectivity index (χ0) is 16.4. The highest BCUT2D eigenvalue weighted by Crippen LogP contribution is 2.30. The van der Waals surface area contributed by atoms with Crippen molar-refractivity contribution in [3.63, 3.8) is 0 Å². The third-order valence-corrected chi connectivity index (χ3v) is 4.51. The third kappa shape index (κ3) is 3.37. The van der Waals surface area contributed by atoms with E-state index in [1.54, 1.807) is 4.90 Å². The van der Waals surface area contributed by atoms with E-state index < -0.39 is 5.82 Å². The molecule has 2 aliphatic rings. The zero-order valence-electron chi connectivity index (χ0n) is 13.2. The van der Waals surface area contributed by atoms with Crippen LogP contribution in [0.15, 0.2) is 18.2 Å². The van der Waals surface area contributed by atoms with Gasteiger partial charge in [-0.3, -0.25) is 9.59 Å². The van der Waals surface area contributed by atoms with Crippen molar-refractivity contribution < 1.29 is 18.7 Å². The number of carbonyl (C=O) groups excluding carboxylic acids is 2. The number of rotatable bonds is 2. The van der Waals surface area contributed by atoms with Gasteiger partial charge in [0, 0.05) is 19.2 Å². The van der Waals surface area contributed by atoms with Crippen LogP contribution in [0.5, 0.6) is 0 Å². The molecule has 0 radical (unpaired) electrons. The molecule has 0 aromatic heterocycles. The standard InChI is InChI=1S/C17H21FN2O3/c1-11(21)19-12-6-7-14(18)13(10-12)17(22)20-8-9-23-16-5-3-2-4-15(16)20/h6-7,10,15-16H,2-5,8-9H2,1H3,(H,19,21). The van der Waals surface area contributed by atoms with Crippen LogP contribution in [0.1, 0.15) is 43.0 Å². The second kappa shape index (κ2) is 6.66. The van der Waals surface area contributed by atoms with E-state index in [2.05, 4.69) is 5.32 Å². The molecule has 1 heterocycles. The van der Waals surface area contributed by atoms with Gasteiger partial charge in [-0.25, -0.2) is 4.39 Å². The topological polar surface area (TPSA) is 58.6 Å². The molecule has 2 atom stereocenters. The SMILES string of the molecule is CC(=O)Nc1ccc(F)c(C(=O)N2CCOC3CCCCC32)c1. The van der Waals surface area contributed by atoms with Crippen molar-refractivity contribution in [3.8, 4) is 0 Å². The number of anilines is 1. The number of hydrogen-bond donors (Lipinski definition) is 1. The molecule has 1 saturated carbocycles. The van der Waals surface area contributed by atoms with Crippen molar-refractivity contribution in [2.24, 2.45) is 0 Å². The second-order valence-corrected chi connectivity index (χ2v) is 6.14. The molecule has 1 aromatic carbocycles. The summed E-state index contributed by atoms with van der Waals surface area (Å²) in [6, 6.07) is 4.11. The number of nitrogens with one attached hydrogen (secondary N) is 1. The Kier molecular flexibility index (Phi) is 4.61. The molecule has 2 fully saturated rings. The first-order chi connectivity index (χ1) is 11.1. The Hall–Kier alpha value is -1.95. The van der Waals surface area contributed by atoms with Crippen LogP contribution in [-0.2, 0) is 9.53 Å². The number of nitrogens with zero attached hydrogens (tertiary/aromatic N) is 1. The lowest BCUT2D eigenvalue weighted by Gasteiger charge is -2.43. The van der Waals surface area contributed by atoms with Crippen molar-refractivity contribution in [1.29, 1.82) is 0 Å². The van der Waals surface area contributed by atoms with E-state index >= 15 is 0 Å². The first kappa shape index (κ1) is 15.9. The summed E-state index contributed by atoms with van der Waals surface area (Å²) in [6.07, 6.45) is 4.06. The van der Waals surface area contributed by atoms with Gasteiger partial charge < -0.3 is 15.0 Å². The largest absolute Gasteiger partial charge is 0.374 e. The van der Waals surface area contributed by atoms with E-state index in [9.17, 15) is 14.0 Å². The van der Waals surface area contributed by atoms with E-state index in [0.717, 1.165) is 25.7 Å². The minimum Gasteiger partial charge on any atom is -0.374 e. The molecule has 3 rings (SSSR count). The fourth-order valence-corrected chi connectivity index (χ4v) is 3.47. The van der Waals surface area contributed by atoms with Gasteiger partial charge in [0.15, 0.2) is 0 Å². The summed E-state index contributed by atoms with van der Waals surface area (Å²) < 4.78 is 19.9. The van der Waals surface area contributed by atoms with Gasteiger partial charge in [0.25, 0.3) is 5.91 Å². The smallest absolute Gasteiger partial charge is 0.257 e. The lowest BCUT2D eigenvalue weighted by Crippen LogP contribution is -2.55. The predicted molar refractivity (Wildman–Crippen MR) is 83.7 cm³/mol. The Morgan fingerprint density at radius 1 is 1.30 bits per heavy atom. The molecule has 0 bridgehead atoms. The van der Waals surface area contributed by atoms with Gasteiger partial charge in [-0.1, -0.05) is 12.8 Å². The minimum absolute atomic E-state index is 0.00229. The first-order valence-corrected chi connectivity index (χ1v) is 8.06. The van der Waals surface area contributed by atoms with Crippen LogP contribution in [0, 0.1) is 5.82 Å². The van der Waals surface area contributed by atoms with Gasteiger partial charge in [0.05, 0.1) is 24.3 Å². The van der Waals surface area contributed by atoms with Crippen molar-refractivity contribution in [2.45, 2.75) is 44.8 Å². The summed E-state index contributed by atoms with van der Waals surface area (Å²) in [5.74, 6) is -1.15. The molecule has 1 aliphatic heterocycles. The molecule has 1 N–H and O–H groups in total. The van der Waals surface area contributed by atoms with Crippen molar-refractivity contribution in [1.82, 2.24) is 4.90 Å². The van der Waals surface area contributed by atoms with Gasteiger partial charge in [0.1, 0.15) is 5.82 Å². The molecule has 1 aliphatic carbocycles. The maximum Gasteiger partial charge on any atom is 0.257 e. The molecule has 124 valence electrons. The summed E-state index contributed by atoms with van der Waals surface area (Å²) in [6.45, 7) is 2.34. The predicted octanol–water partition coefficient (Wildman–Crippen LogP) is 2.57. The number of benzene rings is 1. The number of carbonyl (C=O) groups is 2. The molecular weight excluding hydrogens is 299 g/mol. The van der Waals surface area contributed by atoms with Gasteiger partial charge in [-0.15, -0.1) is 0 Å². The number of fused-ring (bicyclic) bond motifs is 1. The van der Waals surface area contributed by atoms with Gasteiger partial charge in [-0.2, -0.15) is 0 Å². The monoisotopic (exact) mass is 320 g/mol. The minimum atomic E-state index is -0.567. The Labute approximate surface area is 134 Å². The van der Waals surface area contributed by atoms with Crippen LogP contribution in [0.2, 0.25) is 0 Å². The van der Waals surface area contributed by atoms with Gasteiger partial charge in [-0.05, 0) is 31.0 Å². The van der Waals surface area contributed by atoms with Crippen LogP contribution in [-0.4, -0.2) is 42.0 Å². The van der Waals surface area contributed by atoms with Crippen molar-refractivity contribution in [2.75, 3.05) is 18.5 Å². The van der Waals surface area contributed by atoms with Crippen molar-refractivity contribution in [3.05, 3.63) is 29.6 Å². The van der Waals surface area contributed by atoms with Crippen LogP contribution in [0.4, 0.5) is 10.1 Å². The normalized spacial score (nSPS) is 24.0. The summed E-state index contributed by atoms with van der Waals surface area (Å²) >= 11 is 0. The van der Waals surface area contributed by atoms with Crippen molar-refractivity contribution >= 4 is 17.5 Å². The molecule has 1 saturated heterocycles. The van der Waals surface area contributed by atoms with E-state index in [1.807, 2.05) is 0 Å². The van der Waals surface area contributed by atoms with Crippen LogP contribution < -0.4 is 5.32 Å². The van der Waals surface area contributed by atoms with Gasteiger partial charge in [0.2, 0.25) is 5.91 Å². The van der Waals surface area contributed by atoms with Crippen LogP contribution >= 0.6 is 0 Å². The highest BCUT2D eigenvalue weighted by atomic mass is 19.1. The molecule has 2 unspecified atom stereocenters. The van der Waals surface area contributed by atoms with Crippen LogP contribution in [0.3, 0.4) is 0 Å². The number of morpholine rings is 1. The first-order valence-electron chi connectivity index (χ1n) is 8.06. The van der Waals surface area contributed by atoms with Crippen LogP contribution in [0.25, 0.3) is 0 Å². The lowest BCUT2D eigenvalue weighted by molar-refractivity contribution is -0.114.